The number of nitrogens with zero attached hydrogens (tertiary/aromatic N) is 1. The van der Waals surface area contributed by atoms with Crippen LogP contribution in [0.2, 0.25) is 0 Å². The molecule has 0 saturated carbocycles. The summed E-state index contributed by atoms with van der Waals surface area (Å²) in [6.07, 6.45) is 1.71. The highest BCUT2D eigenvalue weighted by molar-refractivity contribution is 9.10. The Bertz CT molecular complexity index is 867. The zero-order valence-electron chi connectivity index (χ0n) is 14.5. The van der Waals surface area contributed by atoms with Crippen molar-refractivity contribution in [2.24, 2.45) is 0 Å². The summed E-state index contributed by atoms with van der Waals surface area (Å²) in [5.74, 6) is 0.264. The molecule has 2 aromatic carbocycles. The van der Waals surface area contributed by atoms with E-state index in [-0.39, 0.29) is 5.56 Å². The van der Waals surface area contributed by atoms with Gasteiger partial charge in [0.2, 0.25) is 0 Å². The maximum absolute atomic E-state index is 11.0. The van der Waals surface area contributed by atoms with Crippen molar-refractivity contribution in [3.05, 3.63) is 57.6 Å². The molecular weight excluding hydrogens is 398 g/mol. The van der Waals surface area contributed by atoms with Gasteiger partial charge in [-0.2, -0.15) is 5.26 Å². The maximum Gasteiger partial charge on any atom is 0.335 e. The fourth-order valence-electron chi connectivity index (χ4n) is 2.34. The van der Waals surface area contributed by atoms with Crippen molar-refractivity contribution in [1.82, 2.24) is 0 Å². The summed E-state index contributed by atoms with van der Waals surface area (Å²) in [6.45, 7) is 4.78. The van der Waals surface area contributed by atoms with E-state index in [0.29, 0.717) is 35.8 Å². The molecule has 0 amide bonds. The molecule has 0 atom stereocenters. The first-order valence-corrected chi connectivity index (χ1v) is 8.84. The van der Waals surface area contributed by atoms with Crippen molar-refractivity contribution >= 4 is 33.5 Å². The number of halogens is 1. The topological polar surface area (TPSA) is 79.5 Å². The molecule has 5 nitrogen and oxygen atoms in total. The Morgan fingerprint density at radius 2 is 1.69 bits per heavy atom. The van der Waals surface area contributed by atoms with Gasteiger partial charge in [0.05, 0.1) is 34.9 Å². The molecule has 0 fully saturated rings. The van der Waals surface area contributed by atoms with Gasteiger partial charge in [-0.15, -0.1) is 0 Å². The summed E-state index contributed by atoms with van der Waals surface area (Å²) < 4.78 is 12.0. The average molecular weight is 416 g/mol. The predicted molar refractivity (Wildman–Crippen MR) is 103 cm³/mol. The van der Waals surface area contributed by atoms with E-state index in [9.17, 15) is 10.1 Å². The number of nitriles is 1. The number of carboxylic acid groups (broad SMARTS) is 1. The molecule has 0 heterocycles. The molecule has 2 aromatic rings. The van der Waals surface area contributed by atoms with Crippen molar-refractivity contribution in [3.63, 3.8) is 0 Å². The van der Waals surface area contributed by atoms with Gasteiger partial charge in [-0.1, -0.05) is 12.1 Å². The molecule has 1 N–H and O–H groups in total. The molecular formula is C20H18BrNO4. The highest BCUT2D eigenvalue weighted by atomic mass is 79.9. The van der Waals surface area contributed by atoms with E-state index in [1.807, 2.05) is 19.9 Å². The predicted octanol–water partition coefficient (Wildman–Crippen LogP) is 5.01. The number of aromatic carboxylic acids is 1. The minimum Gasteiger partial charge on any atom is -0.493 e. The van der Waals surface area contributed by atoms with Gasteiger partial charge in [-0.05, 0) is 59.6 Å². The van der Waals surface area contributed by atoms with Crippen LogP contribution >= 0.6 is 15.9 Å². The second kappa shape index (κ2) is 9.07. The van der Waals surface area contributed by atoms with Crippen molar-refractivity contribution in [2.75, 3.05) is 13.2 Å². The fraction of sp³-hybridized carbons (Fsp3) is 0.200. The first kappa shape index (κ1) is 19.5. The number of carboxylic acids is 1. The van der Waals surface area contributed by atoms with Gasteiger partial charge in [0.25, 0.3) is 0 Å². The standard InChI is InChI=1S/C20H18BrNO4/c1-3-25-18-11-19(26-4-2)17(21)10-15(18)9-16(12-22)13-5-7-14(8-6-13)20(23)24/h5-11H,3-4H2,1-2H3,(H,23,24)/b16-9+. The summed E-state index contributed by atoms with van der Waals surface area (Å²) >= 11 is 3.47. The van der Waals surface area contributed by atoms with Crippen molar-refractivity contribution in [3.8, 4) is 17.6 Å². The van der Waals surface area contributed by atoms with E-state index in [1.165, 1.54) is 12.1 Å². The normalized spacial score (nSPS) is 10.9. The Morgan fingerprint density at radius 1 is 1.12 bits per heavy atom. The Kier molecular flexibility index (Phi) is 6.81. The van der Waals surface area contributed by atoms with Crippen LogP contribution in [-0.2, 0) is 0 Å². The number of benzene rings is 2. The fourth-order valence-corrected chi connectivity index (χ4v) is 2.81. The molecule has 0 aliphatic heterocycles. The summed E-state index contributed by atoms with van der Waals surface area (Å²) in [5, 5.41) is 18.5. The summed E-state index contributed by atoms with van der Waals surface area (Å²) in [7, 11) is 0. The second-order valence-electron chi connectivity index (χ2n) is 5.24. The number of hydrogen-bond donors (Lipinski definition) is 1. The van der Waals surface area contributed by atoms with Gasteiger partial charge in [-0.3, -0.25) is 0 Å². The maximum atomic E-state index is 11.0. The van der Waals surface area contributed by atoms with Crippen molar-refractivity contribution in [2.45, 2.75) is 13.8 Å². The van der Waals surface area contributed by atoms with E-state index in [4.69, 9.17) is 14.6 Å². The first-order valence-electron chi connectivity index (χ1n) is 8.04. The Labute approximate surface area is 160 Å². The van der Waals surface area contributed by atoms with Crippen molar-refractivity contribution in [1.29, 1.82) is 5.26 Å². The minimum absolute atomic E-state index is 0.171. The second-order valence-corrected chi connectivity index (χ2v) is 6.09. The van der Waals surface area contributed by atoms with E-state index in [0.717, 1.165) is 10.0 Å². The van der Waals surface area contributed by atoms with E-state index < -0.39 is 5.97 Å². The van der Waals surface area contributed by atoms with Crippen LogP contribution in [0.25, 0.3) is 11.6 Å². The Balaban J connectivity index is 2.48. The number of allylic oxidation sites excluding steroid dienone is 1. The molecule has 6 heteroatoms. The van der Waals surface area contributed by atoms with Crippen LogP contribution < -0.4 is 9.47 Å². The molecule has 2 rings (SSSR count). The Hall–Kier alpha value is -2.78. The van der Waals surface area contributed by atoms with Crippen molar-refractivity contribution < 1.29 is 19.4 Å². The van der Waals surface area contributed by atoms with Crippen LogP contribution in [0.4, 0.5) is 0 Å². The van der Waals surface area contributed by atoms with Crippen LogP contribution in [0, 0.1) is 11.3 Å². The zero-order chi connectivity index (χ0) is 19.1. The molecule has 0 bridgehead atoms. The molecule has 0 spiro atoms. The lowest BCUT2D eigenvalue weighted by Gasteiger charge is -2.13. The summed E-state index contributed by atoms with van der Waals surface area (Å²) in [4.78, 5) is 11.0. The first-order chi connectivity index (χ1) is 12.5. The third kappa shape index (κ3) is 4.64. The summed E-state index contributed by atoms with van der Waals surface area (Å²) in [6, 6.07) is 11.9. The van der Waals surface area contributed by atoms with Gasteiger partial charge in [-0.25, -0.2) is 4.79 Å². The Morgan fingerprint density at radius 3 is 2.23 bits per heavy atom. The van der Waals surface area contributed by atoms with E-state index in [2.05, 4.69) is 22.0 Å². The molecule has 0 aliphatic rings. The van der Waals surface area contributed by atoms with Gasteiger partial charge in [0.15, 0.2) is 0 Å². The number of rotatable bonds is 7. The van der Waals surface area contributed by atoms with Crippen LogP contribution in [0.3, 0.4) is 0 Å². The average Bonchev–Trinajstić information content (AvgIpc) is 2.63. The third-order valence-electron chi connectivity index (χ3n) is 3.53. The van der Waals surface area contributed by atoms with Crippen LogP contribution in [-0.4, -0.2) is 24.3 Å². The highest BCUT2D eigenvalue weighted by Gasteiger charge is 2.11. The minimum atomic E-state index is -1.01. The lowest BCUT2D eigenvalue weighted by Crippen LogP contribution is -1.98. The smallest absolute Gasteiger partial charge is 0.335 e. The van der Waals surface area contributed by atoms with E-state index in [1.54, 1.807) is 24.3 Å². The molecule has 26 heavy (non-hydrogen) atoms. The lowest BCUT2D eigenvalue weighted by molar-refractivity contribution is 0.0697. The highest BCUT2D eigenvalue weighted by Crippen LogP contribution is 2.35. The number of hydrogen-bond acceptors (Lipinski definition) is 4. The zero-order valence-corrected chi connectivity index (χ0v) is 16.0. The van der Waals surface area contributed by atoms with Gasteiger partial charge in [0.1, 0.15) is 11.5 Å². The molecule has 0 unspecified atom stereocenters. The van der Waals surface area contributed by atoms with Gasteiger partial charge < -0.3 is 14.6 Å². The number of ether oxygens (including phenoxy) is 2. The van der Waals surface area contributed by atoms with E-state index >= 15 is 0 Å². The lowest BCUT2D eigenvalue weighted by atomic mass is 10.0. The quantitative estimate of drug-likeness (QED) is 0.507. The SMILES string of the molecule is CCOc1cc(OCC)c(/C=C(\C#N)c2ccc(C(=O)O)cc2)cc1Br. The third-order valence-corrected chi connectivity index (χ3v) is 4.15. The molecule has 134 valence electrons. The summed E-state index contributed by atoms with van der Waals surface area (Å²) in [5.41, 5.74) is 1.93. The molecule has 0 saturated heterocycles. The van der Waals surface area contributed by atoms with Crippen LogP contribution in [0.1, 0.15) is 35.3 Å². The molecule has 0 radical (unpaired) electrons. The van der Waals surface area contributed by atoms with Crippen LogP contribution in [0.5, 0.6) is 11.5 Å². The molecule has 0 aliphatic carbocycles. The largest absolute Gasteiger partial charge is 0.493 e. The number of carbonyl (C=O) groups is 1. The van der Waals surface area contributed by atoms with Crippen LogP contribution in [0.15, 0.2) is 40.9 Å². The molecule has 0 aromatic heterocycles. The van der Waals surface area contributed by atoms with Gasteiger partial charge >= 0.3 is 5.97 Å². The van der Waals surface area contributed by atoms with Gasteiger partial charge in [0, 0.05) is 11.6 Å². The monoisotopic (exact) mass is 415 g/mol.